The SMILES string of the molecule is O=COCOCC1CCCCC1. The maximum atomic E-state index is 9.75. The minimum atomic E-state index is 0.111. The first-order valence-electron chi connectivity index (χ1n) is 4.56. The van der Waals surface area contributed by atoms with Crippen LogP contribution >= 0.6 is 0 Å². The first-order valence-corrected chi connectivity index (χ1v) is 4.56. The average Bonchev–Trinajstić information content (AvgIpc) is 2.14. The van der Waals surface area contributed by atoms with Crippen molar-refractivity contribution in [1.29, 1.82) is 0 Å². The predicted octanol–water partition coefficient (Wildman–Crippen LogP) is 1.71. The fraction of sp³-hybridized carbons (Fsp3) is 0.889. The van der Waals surface area contributed by atoms with Gasteiger partial charge in [0.15, 0.2) is 6.79 Å². The average molecular weight is 172 g/mol. The molecule has 0 heterocycles. The Kier molecular flexibility index (Phi) is 4.76. The van der Waals surface area contributed by atoms with Gasteiger partial charge in [-0.3, -0.25) is 4.79 Å². The third-order valence-corrected chi connectivity index (χ3v) is 2.30. The molecule has 0 amide bonds. The van der Waals surface area contributed by atoms with Crippen molar-refractivity contribution in [2.45, 2.75) is 32.1 Å². The Morgan fingerprint density at radius 1 is 1.25 bits per heavy atom. The normalized spacial score (nSPS) is 19.0. The number of hydrogen-bond donors (Lipinski definition) is 0. The molecule has 1 saturated carbocycles. The fourth-order valence-electron chi connectivity index (χ4n) is 1.64. The molecule has 0 aromatic heterocycles. The Balaban J connectivity index is 1.94. The van der Waals surface area contributed by atoms with Gasteiger partial charge in [0.25, 0.3) is 6.47 Å². The molecule has 0 atom stereocenters. The van der Waals surface area contributed by atoms with Gasteiger partial charge >= 0.3 is 0 Å². The molecule has 0 N–H and O–H groups in total. The minimum absolute atomic E-state index is 0.111. The maximum Gasteiger partial charge on any atom is 0.295 e. The Bertz CT molecular complexity index is 119. The monoisotopic (exact) mass is 172 g/mol. The van der Waals surface area contributed by atoms with E-state index in [1.807, 2.05) is 0 Å². The quantitative estimate of drug-likeness (QED) is 0.360. The van der Waals surface area contributed by atoms with Gasteiger partial charge in [-0.05, 0) is 18.8 Å². The van der Waals surface area contributed by atoms with E-state index in [0.717, 1.165) is 6.61 Å². The third-order valence-electron chi connectivity index (χ3n) is 2.30. The summed E-state index contributed by atoms with van der Waals surface area (Å²) in [5.74, 6) is 0.689. The van der Waals surface area contributed by atoms with Crippen LogP contribution in [-0.4, -0.2) is 19.9 Å². The molecular formula is C9H16O3. The maximum absolute atomic E-state index is 9.75. The molecule has 1 aliphatic rings. The second kappa shape index (κ2) is 6.00. The second-order valence-electron chi connectivity index (χ2n) is 3.26. The third kappa shape index (κ3) is 3.72. The van der Waals surface area contributed by atoms with E-state index in [1.54, 1.807) is 0 Å². The molecule has 0 saturated heterocycles. The van der Waals surface area contributed by atoms with E-state index in [9.17, 15) is 4.79 Å². The van der Waals surface area contributed by atoms with Crippen LogP contribution in [0.1, 0.15) is 32.1 Å². The topological polar surface area (TPSA) is 35.5 Å². The van der Waals surface area contributed by atoms with Gasteiger partial charge in [0.2, 0.25) is 0 Å². The molecule has 0 unspecified atom stereocenters. The van der Waals surface area contributed by atoms with Crippen LogP contribution in [0.25, 0.3) is 0 Å². The van der Waals surface area contributed by atoms with E-state index < -0.39 is 0 Å². The van der Waals surface area contributed by atoms with E-state index in [0.29, 0.717) is 12.4 Å². The van der Waals surface area contributed by atoms with Crippen molar-refractivity contribution in [2.75, 3.05) is 13.4 Å². The molecule has 1 fully saturated rings. The van der Waals surface area contributed by atoms with Gasteiger partial charge in [0.1, 0.15) is 0 Å². The zero-order chi connectivity index (χ0) is 8.65. The highest BCUT2D eigenvalue weighted by molar-refractivity contribution is 5.36. The number of ether oxygens (including phenoxy) is 2. The van der Waals surface area contributed by atoms with Crippen molar-refractivity contribution < 1.29 is 14.3 Å². The summed E-state index contributed by atoms with van der Waals surface area (Å²) in [5, 5.41) is 0. The fourth-order valence-corrected chi connectivity index (χ4v) is 1.64. The van der Waals surface area contributed by atoms with E-state index in [1.165, 1.54) is 32.1 Å². The minimum Gasteiger partial charge on any atom is -0.441 e. The van der Waals surface area contributed by atoms with Gasteiger partial charge in [-0.2, -0.15) is 0 Å². The lowest BCUT2D eigenvalue weighted by atomic mass is 9.90. The molecule has 0 aliphatic heterocycles. The lowest BCUT2D eigenvalue weighted by Crippen LogP contribution is -2.14. The Morgan fingerprint density at radius 2 is 2.00 bits per heavy atom. The number of carbonyl (C=O) groups is 1. The van der Waals surface area contributed by atoms with Crippen LogP contribution in [0.3, 0.4) is 0 Å². The number of carbonyl (C=O) groups excluding carboxylic acids is 1. The zero-order valence-corrected chi connectivity index (χ0v) is 7.33. The van der Waals surface area contributed by atoms with E-state index in [2.05, 4.69) is 4.74 Å². The molecule has 12 heavy (non-hydrogen) atoms. The Morgan fingerprint density at radius 3 is 2.67 bits per heavy atom. The summed E-state index contributed by atoms with van der Waals surface area (Å²) >= 11 is 0. The summed E-state index contributed by atoms with van der Waals surface area (Å²) in [7, 11) is 0. The highest BCUT2D eigenvalue weighted by atomic mass is 16.7. The van der Waals surface area contributed by atoms with Crippen LogP contribution in [0.2, 0.25) is 0 Å². The summed E-state index contributed by atoms with van der Waals surface area (Å²) < 4.78 is 9.58. The molecular weight excluding hydrogens is 156 g/mol. The standard InChI is InChI=1S/C9H16O3/c10-7-12-8-11-6-9-4-2-1-3-5-9/h7,9H,1-6,8H2. The van der Waals surface area contributed by atoms with Crippen molar-refractivity contribution in [3.05, 3.63) is 0 Å². The van der Waals surface area contributed by atoms with E-state index in [4.69, 9.17) is 4.74 Å². The lowest BCUT2D eigenvalue weighted by molar-refractivity contribution is -0.142. The van der Waals surface area contributed by atoms with Crippen molar-refractivity contribution in [3.8, 4) is 0 Å². The first-order chi connectivity index (χ1) is 5.93. The highest BCUT2D eigenvalue weighted by Crippen LogP contribution is 2.23. The molecule has 0 spiro atoms. The van der Waals surface area contributed by atoms with Crippen LogP contribution < -0.4 is 0 Å². The van der Waals surface area contributed by atoms with Gasteiger partial charge in [-0.1, -0.05) is 19.3 Å². The zero-order valence-electron chi connectivity index (χ0n) is 7.33. The summed E-state index contributed by atoms with van der Waals surface area (Å²) in [5.41, 5.74) is 0. The highest BCUT2D eigenvalue weighted by Gasteiger charge is 2.12. The van der Waals surface area contributed by atoms with Gasteiger partial charge in [-0.15, -0.1) is 0 Å². The lowest BCUT2D eigenvalue weighted by Gasteiger charge is -2.20. The van der Waals surface area contributed by atoms with Gasteiger partial charge in [-0.25, -0.2) is 0 Å². The molecule has 70 valence electrons. The molecule has 3 heteroatoms. The summed E-state index contributed by atoms with van der Waals surface area (Å²) in [6.07, 6.45) is 6.54. The summed E-state index contributed by atoms with van der Waals surface area (Å²) in [4.78, 5) is 9.75. The van der Waals surface area contributed by atoms with Crippen LogP contribution in [0.15, 0.2) is 0 Å². The smallest absolute Gasteiger partial charge is 0.295 e. The van der Waals surface area contributed by atoms with Gasteiger partial charge < -0.3 is 9.47 Å². The van der Waals surface area contributed by atoms with Gasteiger partial charge in [0.05, 0.1) is 6.61 Å². The van der Waals surface area contributed by atoms with Crippen molar-refractivity contribution in [2.24, 2.45) is 5.92 Å². The molecule has 3 nitrogen and oxygen atoms in total. The second-order valence-corrected chi connectivity index (χ2v) is 3.26. The molecule has 0 aromatic rings. The number of rotatable bonds is 5. The predicted molar refractivity (Wildman–Crippen MR) is 44.5 cm³/mol. The Labute approximate surface area is 73.0 Å². The molecule has 0 bridgehead atoms. The van der Waals surface area contributed by atoms with Crippen LogP contribution in [0, 0.1) is 5.92 Å². The van der Waals surface area contributed by atoms with Crippen molar-refractivity contribution in [1.82, 2.24) is 0 Å². The van der Waals surface area contributed by atoms with Crippen LogP contribution in [0.4, 0.5) is 0 Å². The number of hydrogen-bond acceptors (Lipinski definition) is 3. The van der Waals surface area contributed by atoms with Crippen LogP contribution in [0.5, 0.6) is 0 Å². The Hall–Kier alpha value is -0.570. The van der Waals surface area contributed by atoms with Gasteiger partial charge in [0, 0.05) is 0 Å². The van der Waals surface area contributed by atoms with E-state index in [-0.39, 0.29) is 6.79 Å². The molecule has 0 radical (unpaired) electrons. The first kappa shape index (κ1) is 9.52. The largest absolute Gasteiger partial charge is 0.441 e. The molecule has 0 aromatic carbocycles. The van der Waals surface area contributed by atoms with Crippen molar-refractivity contribution >= 4 is 6.47 Å². The molecule has 1 rings (SSSR count). The van der Waals surface area contributed by atoms with Crippen molar-refractivity contribution in [3.63, 3.8) is 0 Å². The van der Waals surface area contributed by atoms with E-state index >= 15 is 0 Å². The summed E-state index contributed by atoms with van der Waals surface area (Å²) in [6, 6.07) is 0. The van der Waals surface area contributed by atoms with Crippen LogP contribution in [-0.2, 0) is 14.3 Å². The summed E-state index contributed by atoms with van der Waals surface area (Å²) in [6.45, 7) is 1.27. The molecule has 1 aliphatic carbocycles.